The van der Waals surface area contributed by atoms with Gasteiger partial charge >= 0.3 is 5.69 Å². The van der Waals surface area contributed by atoms with Gasteiger partial charge in [-0.2, -0.15) is 4.39 Å². The maximum Gasteiger partial charge on any atom is 0.305 e. The van der Waals surface area contributed by atoms with Gasteiger partial charge in [-0.25, -0.2) is 0 Å². The molecule has 1 rings (SSSR count). The average Bonchev–Trinajstić information content (AvgIpc) is 2.16. The number of benzene rings is 1. The molecule has 0 aromatic heterocycles. The van der Waals surface area contributed by atoms with Crippen molar-refractivity contribution in [3.63, 3.8) is 0 Å². The molecule has 0 N–H and O–H groups in total. The molecule has 16 heavy (non-hydrogen) atoms. The van der Waals surface area contributed by atoms with Crippen LogP contribution >= 0.6 is 0 Å². The molecule has 0 bridgehead atoms. The van der Waals surface area contributed by atoms with Crippen LogP contribution < -0.4 is 0 Å². The molecular formula is C10H11FN2O3. The highest BCUT2D eigenvalue weighted by atomic mass is 19.1. The summed E-state index contributed by atoms with van der Waals surface area (Å²) in [6.45, 7) is 0.128. The van der Waals surface area contributed by atoms with Crippen molar-refractivity contribution in [2.45, 2.75) is 0 Å². The van der Waals surface area contributed by atoms with E-state index in [0.29, 0.717) is 0 Å². The molecule has 0 amide bonds. The number of nitrogens with zero attached hydrogens (tertiary/aromatic N) is 2. The zero-order valence-corrected chi connectivity index (χ0v) is 8.94. The number of hydrogen-bond acceptors (Lipinski definition) is 4. The van der Waals surface area contributed by atoms with Gasteiger partial charge in [-0.15, -0.1) is 0 Å². The molecule has 5 nitrogen and oxygen atoms in total. The first-order valence-electron chi connectivity index (χ1n) is 4.53. The minimum absolute atomic E-state index is 0.128. The number of nitro groups is 1. The molecule has 0 spiro atoms. The maximum absolute atomic E-state index is 13.0. The van der Waals surface area contributed by atoms with Crippen molar-refractivity contribution in [3.05, 3.63) is 39.7 Å². The fraction of sp³-hybridized carbons (Fsp3) is 0.300. The summed E-state index contributed by atoms with van der Waals surface area (Å²) in [6.07, 6.45) is 0. The quantitative estimate of drug-likeness (QED) is 0.443. The number of hydrogen-bond donors (Lipinski definition) is 0. The molecule has 0 aliphatic carbocycles. The number of carbonyl (C=O) groups excluding carboxylic acids is 1. The summed E-state index contributed by atoms with van der Waals surface area (Å²) in [6, 6.07) is 3.14. The average molecular weight is 226 g/mol. The Morgan fingerprint density at radius 3 is 2.62 bits per heavy atom. The summed E-state index contributed by atoms with van der Waals surface area (Å²) in [7, 11) is 3.41. The van der Waals surface area contributed by atoms with Crippen LogP contribution in [0.25, 0.3) is 0 Å². The van der Waals surface area contributed by atoms with Crippen molar-refractivity contribution < 1.29 is 14.1 Å². The summed E-state index contributed by atoms with van der Waals surface area (Å²) in [4.78, 5) is 22.8. The van der Waals surface area contributed by atoms with Gasteiger partial charge < -0.3 is 4.90 Å². The van der Waals surface area contributed by atoms with Gasteiger partial charge in [0.05, 0.1) is 11.5 Å². The summed E-state index contributed by atoms with van der Waals surface area (Å²) < 4.78 is 13.0. The van der Waals surface area contributed by atoms with Crippen LogP contribution in [-0.4, -0.2) is 36.2 Å². The number of nitro benzene ring substituents is 1. The van der Waals surface area contributed by atoms with E-state index in [1.807, 2.05) is 0 Å². The smallest absolute Gasteiger partial charge is 0.302 e. The zero-order chi connectivity index (χ0) is 12.3. The lowest BCUT2D eigenvalue weighted by Gasteiger charge is -2.07. The predicted molar refractivity (Wildman–Crippen MR) is 55.9 cm³/mol. The molecule has 1 aromatic rings. The highest BCUT2D eigenvalue weighted by molar-refractivity contribution is 5.98. The van der Waals surface area contributed by atoms with Gasteiger partial charge in [-0.1, -0.05) is 0 Å². The van der Waals surface area contributed by atoms with E-state index in [1.54, 1.807) is 19.0 Å². The number of Topliss-reactive ketones (excluding diaryl/α,β-unsaturated/α-hetero) is 1. The summed E-state index contributed by atoms with van der Waals surface area (Å²) in [5.74, 6) is -1.22. The molecule has 0 heterocycles. The first-order valence-corrected chi connectivity index (χ1v) is 4.53. The fourth-order valence-corrected chi connectivity index (χ4v) is 1.20. The lowest BCUT2D eigenvalue weighted by molar-refractivity contribution is -0.387. The number of carbonyl (C=O) groups is 1. The van der Waals surface area contributed by atoms with Gasteiger partial charge in [-0.3, -0.25) is 14.9 Å². The molecular weight excluding hydrogens is 215 g/mol. The largest absolute Gasteiger partial charge is 0.305 e. The normalized spacial score (nSPS) is 10.5. The Hall–Kier alpha value is -1.82. The van der Waals surface area contributed by atoms with E-state index in [-0.39, 0.29) is 17.9 Å². The van der Waals surface area contributed by atoms with E-state index in [1.165, 1.54) is 6.07 Å². The molecule has 0 fully saturated rings. The third-order valence-corrected chi connectivity index (χ3v) is 1.92. The first-order chi connectivity index (χ1) is 7.41. The van der Waals surface area contributed by atoms with E-state index in [4.69, 9.17) is 0 Å². The van der Waals surface area contributed by atoms with Crippen molar-refractivity contribution >= 4 is 11.5 Å². The van der Waals surface area contributed by atoms with Crippen LogP contribution in [-0.2, 0) is 0 Å². The molecule has 86 valence electrons. The second-order valence-electron chi connectivity index (χ2n) is 3.58. The SMILES string of the molecule is CN(C)CC(=O)c1ccc(F)c([N+](=O)[O-])c1. The Balaban J connectivity index is 3.03. The lowest BCUT2D eigenvalue weighted by Crippen LogP contribution is -2.21. The van der Waals surface area contributed by atoms with E-state index in [2.05, 4.69) is 0 Å². The Bertz CT molecular complexity index is 432. The van der Waals surface area contributed by atoms with E-state index >= 15 is 0 Å². The van der Waals surface area contributed by atoms with Gasteiger partial charge in [0, 0.05) is 11.6 Å². The topological polar surface area (TPSA) is 63.5 Å². The van der Waals surface area contributed by atoms with E-state index < -0.39 is 16.4 Å². The lowest BCUT2D eigenvalue weighted by atomic mass is 10.1. The second kappa shape index (κ2) is 4.80. The van der Waals surface area contributed by atoms with Crippen molar-refractivity contribution in [1.29, 1.82) is 0 Å². The predicted octanol–water partition coefficient (Wildman–Crippen LogP) is 1.48. The van der Waals surface area contributed by atoms with Crippen LogP contribution in [0.15, 0.2) is 18.2 Å². The van der Waals surface area contributed by atoms with E-state index in [0.717, 1.165) is 12.1 Å². The Morgan fingerprint density at radius 2 is 2.12 bits per heavy atom. The van der Waals surface area contributed by atoms with Crippen LogP contribution in [0.4, 0.5) is 10.1 Å². The monoisotopic (exact) mass is 226 g/mol. The third-order valence-electron chi connectivity index (χ3n) is 1.92. The minimum Gasteiger partial charge on any atom is -0.302 e. The molecule has 1 aromatic carbocycles. The van der Waals surface area contributed by atoms with Gasteiger partial charge in [0.25, 0.3) is 0 Å². The van der Waals surface area contributed by atoms with E-state index in [9.17, 15) is 19.3 Å². The molecule has 0 radical (unpaired) electrons. The van der Waals surface area contributed by atoms with Crippen LogP contribution in [0.1, 0.15) is 10.4 Å². The minimum atomic E-state index is -0.939. The third kappa shape index (κ3) is 2.83. The molecule has 0 unspecified atom stereocenters. The van der Waals surface area contributed by atoms with Gasteiger partial charge in [0.1, 0.15) is 0 Å². The van der Waals surface area contributed by atoms with Crippen molar-refractivity contribution in [1.82, 2.24) is 4.90 Å². The summed E-state index contributed by atoms with van der Waals surface area (Å²) >= 11 is 0. The second-order valence-corrected chi connectivity index (χ2v) is 3.58. The zero-order valence-electron chi connectivity index (χ0n) is 8.94. The first kappa shape index (κ1) is 12.3. The highest BCUT2D eigenvalue weighted by Crippen LogP contribution is 2.18. The maximum atomic E-state index is 13.0. The molecule has 0 aliphatic heterocycles. The van der Waals surface area contributed by atoms with Crippen LogP contribution in [0.2, 0.25) is 0 Å². The summed E-state index contributed by atoms with van der Waals surface area (Å²) in [5, 5.41) is 10.5. The van der Waals surface area contributed by atoms with Crippen molar-refractivity contribution in [2.75, 3.05) is 20.6 Å². The molecule has 0 saturated carbocycles. The van der Waals surface area contributed by atoms with Gasteiger partial charge in [0.2, 0.25) is 5.82 Å². The summed E-state index contributed by atoms with van der Waals surface area (Å²) in [5.41, 5.74) is -0.536. The Morgan fingerprint density at radius 1 is 1.50 bits per heavy atom. The van der Waals surface area contributed by atoms with Gasteiger partial charge in [0.15, 0.2) is 5.78 Å². The van der Waals surface area contributed by atoms with Crippen LogP contribution in [0.5, 0.6) is 0 Å². The van der Waals surface area contributed by atoms with Crippen LogP contribution in [0.3, 0.4) is 0 Å². The molecule has 0 aliphatic rings. The Kier molecular flexibility index (Phi) is 3.68. The number of ketones is 1. The number of likely N-dealkylation sites (N-methyl/N-ethyl adjacent to an activating group) is 1. The molecule has 0 saturated heterocycles. The van der Waals surface area contributed by atoms with Gasteiger partial charge in [-0.05, 0) is 26.2 Å². The Labute approximate surface area is 91.6 Å². The number of halogens is 1. The van der Waals surface area contributed by atoms with Crippen LogP contribution in [0, 0.1) is 15.9 Å². The number of rotatable bonds is 4. The van der Waals surface area contributed by atoms with Crippen molar-refractivity contribution in [2.24, 2.45) is 0 Å². The fourth-order valence-electron chi connectivity index (χ4n) is 1.20. The molecule has 0 atom stereocenters. The highest BCUT2D eigenvalue weighted by Gasteiger charge is 2.17. The van der Waals surface area contributed by atoms with Crippen molar-refractivity contribution in [3.8, 4) is 0 Å². The molecule has 6 heteroatoms. The standard InChI is InChI=1S/C10H11FN2O3/c1-12(2)6-10(14)7-3-4-8(11)9(5-7)13(15)16/h3-5H,6H2,1-2H3.